The molecule has 0 amide bonds. The molecule has 0 aliphatic rings. The van der Waals surface area contributed by atoms with Gasteiger partial charge in [-0.25, -0.2) is 4.68 Å². The maximum absolute atomic E-state index is 3.85. The van der Waals surface area contributed by atoms with Gasteiger partial charge >= 0.3 is 0 Å². The highest BCUT2D eigenvalue weighted by Crippen LogP contribution is 2.12. The monoisotopic (exact) mass is 245 g/mol. The SMILES string of the molecule is CCCCCCNc1ccc(-n2cnnn2)cc1. The van der Waals surface area contributed by atoms with Crippen molar-refractivity contribution >= 4 is 5.69 Å². The first kappa shape index (κ1) is 12.5. The van der Waals surface area contributed by atoms with Gasteiger partial charge in [-0.3, -0.25) is 0 Å². The molecule has 0 radical (unpaired) electrons. The molecule has 0 fully saturated rings. The number of aromatic nitrogens is 4. The van der Waals surface area contributed by atoms with Gasteiger partial charge < -0.3 is 5.32 Å². The number of tetrazole rings is 1. The zero-order valence-corrected chi connectivity index (χ0v) is 10.7. The lowest BCUT2D eigenvalue weighted by molar-refractivity contribution is 0.685. The van der Waals surface area contributed by atoms with E-state index in [4.69, 9.17) is 0 Å². The van der Waals surface area contributed by atoms with Crippen molar-refractivity contribution in [2.75, 3.05) is 11.9 Å². The van der Waals surface area contributed by atoms with Crippen LogP contribution in [0.25, 0.3) is 5.69 Å². The molecule has 0 aliphatic carbocycles. The molecule has 0 unspecified atom stereocenters. The maximum atomic E-state index is 3.85. The third-order valence-electron chi connectivity index (χ3n) is 2.84. The normalized spacial score (nSPS) is 10.5. The van der Waals surface area contributed by atoms with Crippen LogP contribution in [0, 0.1) is 0 Å². The second kappa shape index (κ2) is 6.74. The lowest BCUT2D eigenvalue weighted by Gasteiger charge is -2.07. The van der Waals surface area contributed by atoms with E-state index < -0.39 is 0 Å². The van der Waals surface area contributed by atoms with Gasteiger partial charge in [0, 0.05) is 12.2 Å². The first-order valence-electron chi connectivity index (χ1n) is 6.47. The molecule has 0 aliphatic heterocycles. The average Bonchev–Trinajstić information content (AvgIpc) is 2.93. The highest BCUT2D eigenvalue weighted by Gasteiger charge is 1.97. The molecule has 0 atom stereocenters. The summed E-state index contributed by atoms with van der Waals surface area (Å²) in [5.74, 6) is 0. The van der Waals surface area contributed by atoms with E-state index in [1.54, 1.807) is 11.0 Å². The summed E-state index contributed by atoms with van der Waals surface area (Å²) in [6, 6.07) is 8.11. The van der Waals surface area contributed by atoms with Crippen LogP contribution in [0.4, 0.5) is 5.69 Å². The molecule has 0 saturated carbocycles. The van der Waals surface area contributed by atoms with E-state index in [2.05, 4.69) is 39.9 Å². The number of unbranched alkanes of at least 4 members (excludes halogenated alkanes) is 3. The van der Waals surface area contributed by atoms with Crippen molar-refractivity contribution in [1.29, 1.82) is 0 Å². The summed E-state index contributed by atoms with van der Waals surface area (Å²) in [5.41, 5.74) is 2.11. The molecule has 1 N–H and O–H groups in total. The molecule has 1 heterocycles. The molecule has 0 spiro atoms. The van der Waals surface area contributed by atoms with Crippen LogP contribution in [-0.2, 0) is 0 Å². The number of benzene rings is 1. The van der Waals surface area contributed by atoms with Crippen LogP contribution in [0.2, 0.25) is 0 Å². The lowest BCUT2D eigenvalue weighted by Crippen LogP contribution is -2.02. The van der Waals surface area contributed by atoms with Crippen LogP contribution in [0.5, 0.6) is 0 Å². The third kappa shape index (κ3) is 3.55. The van der Waals surface area contributed by atoms with E-state index in [0.29, 0.717) is 0 Å². The molecule has 1 aromatic heterocycles. The van der Waals surface area contributed by atoms with Gasteiger partial charge in [-0.05, 0) is 41.1 Å². The Kier molecular flexibility index (Phi) is 4.69. The largest absolute Gasteiger partial charge is 0.385 e. The Bertz CT molecular complexity index is 435. The minimum absolute atomic E-state index is 0.969. The van der Waals surface area contributed by atoms with E-state index in [0.717, 1.165) is 17.9 Å². The second-order valence-corrected chi connectivity index (χ2v) is 4.29. The fourth-order valence-corrected chi connectivity index (χ4v) is 1.80. The van der Waals surface area contributed by atoms with Crippen molar-refractivity contribution in [2.24, 2.45) is 0 Å². The van der Waals surface area contributed by atoms with Crippen molar-refractivity contribution < 1.29 is 0 Å². The Morgan fingerprint density at radius 1 is 1.11 bits per heavy atom. The van der Waals surface area contributed by atoms with E-state index >= 15 is 0 Å². The number of nitrogens with zero attached hydrogens (tertiary/aromatic N) is 4. The van der Waals surface area contributed by atoms with Crippen LogP contribution >= 0.6 is 0 Å². The molecule has 0 saturated heterocycles. The highest BCUT2D eigenvalue weighted by molar-refractivity contribution is 5.48. The summed E-state index contributed by atoms with van der Waals surface area (Å²) >= 11 is 0. The van der Waals surface area contributed by atoms with Gasteiger partial charge in [0.15, 0.2) is 0 Å². The Labute approximate surface area is 107 Å². The van der Waals surface area contributed by atoms with Crippen molar-refractivity contribution in [3.05, 3.63) is 30.6 Å². The zero-order chi connectivity index (χ0) is 12.6. The first-order chi connectivity index (χ1) is 8.90. The van der Waals surface area contributed by atoms with Crippen molar-refractivity contribution in [3.8, 4) is 5.69 Å². The molecular formula is C13H19N5. The number of hydrogen-bond donors (Lipinski definition) is 1. The van der Waals surface area contributed by atoms with Gasteiger partial charge in [0.05, 0.1) is 5.69 Å². The summed E-state index contributed by atoms with van der Waals surface area (Å²) in [6.45, 7) is 3.26. The second-order valence-electron chi connectivity index (χ2n) is 4.29. The molecule has 2 aromatic rings. The van der Waals surface area contributed by atoms with Gasteiger partial charge in [0.1, 0.15) is 6.33 Å². The fraction of sp³-hybridized carbons (Fsp3) is 0.462. The molecular weight excluding hydrogens is 226 g/mol. The van der Waals surface area contributed by atoms with Crippen LogP contribution < -0.4 is 5.32 Å². The summed E-state index contributed by atoms with van der Waals surface area (Å²) in [6.07, 6.45) is 6.71. The molecule has 1 aromatic carbocycles. The Hall–Kier alpha value is -1.91. The van der Waals surface area contributed by atoms with Crippen molar-refractivity contribution in [1.82, 2.24) is 20.2 Å². The number of anilines is 1. The van der Waals surface area contributed by atoms with E-state index in [1.165, 1.54) is 25.7 Å². The van der Waals surface area contributed by atoms with Crippen LogP contribution in [-0.4, -0.2) is 26.8 Å². The first-order valence-corrected chi connectivity index (χ1v) is 6.47. The minimum Gasteiger partial charge on any atom is -0.385 e. The maximum Gasteiger partial charge on any atom is 0.143 e. The number of nitrogens with one attached hydrogen (secondary N) is 1. The summed E-state index contributed by atoms with van der Waals surface area (Å²) in [5, 5.41) is 14.5. The van der Waals surface area contributed by atoms with Gasteiger partial charge in [0.25, 0.3) is 0 Å². The molecule has 96 valence electrons. The predicted octanol–water partition coefficient (Wildman–Crippen LogP) is 2.65. The molecule has 0 bridgehead atoms. The smallest absolute Gasteiger partial charge is 0.143 e. The van der Waals surface area contributed by atoms with Gasteiger partial charge in [-0.15, -0.1) is 5.10 Å². The fourth-order valence-electron chi connectivity index (χ4n) is 1.80. The number of hydrogen-bond acceptors (Lipinski definition) is 4. The highest BCUT2D eigenvalue weighted by atomic mass is 15.5. The molecule has 5 nitrogen and oxygen atoms in total. The van der Waals surface area contributed by atoms with Crippen LogP contribution in [0.15, 0.2) is 30.6 Å². The van der Waals surface area contributed by atoms with E-state index in [-0.39, 0.29) is 0 Å². The van der Waals surface area contributed by atoms with Crippen LogP contribution in [0.3, 0.4) is 0 Å². The Morgan fingerprint density at radius 2 is 1.94 bits per heavy atom. The molecule has 18 heavy (non-hydrogen) atoms. The van der Waals surface area contributed by atoms with Crippen molar-refractivity contribution in [3.63, 3.8) is 0 Å². The third-order valence-corrected chi connectivity index (χ3v) is 2.84. The Balaban J connectivity index is 1.81. The van der Waals surface area contributed by atoms with Gasteiger partial charge in [-0.2, -0.15) is 0 Å². The standard InChI is InChI=1S/C13H19N5/c1-2-3-4-5-10-14-12-6-8-13(9-7-12)18-11-15-16-17-18/h6-9,11,14H,2-5,10H2,1H3. The Morgan fingerprint density at radius 3 is 2.61 bits per heavy atom. The lowest BCUT2D eigenvalue weighted by atomic mass is 10.2. The van der Waals surface area contributed by atoms with E-state index in [1.807, 2.05) is 12.1 Å². The zero-order valence-electron chi connectivity index (χ0n) is 10.7. The summed E-state index contributed by atoms with van der Waals surface area (Å²) < 4.78 is 1.64. The van der Waals surface area contributed by atoms with E-state index in [9.17, 15) is 0 Å². The molecule has 2 rings (SSSR count). The van der Waals surface area contributed by atoms with Crippen molar-refractivity contribution in [2.45, 2.75) is 32.6 Å². The topological polar surface area (TPSA) is 55.6 Å². The quantitative estimate of drug-likeness (QED) is 0.762. The molecule has 5 heteroatoms. The van der Waals surface area contributed by atoms with Gasteiger partial charge in [0.2, 0.25) is 0 Å². The summed E-state index contributed by atoms with van der Waals surface area (Å²) in [4.78, 5) is 0. The van der Waals surface area contributed by atoms with Gasteiger partial charge in [-0.1, -0.05) is 26.2 Å². The van der Waals surface area contributed by atoms with Crippen LogP contribution in [0.1, 0.15) is 32.6 Å². The minimum atomic E-state index is 0.969. The predicted molar refractivity (Wildman–Crippen MR) is 71.8 cm³/mol. The summed E-state index contributed by atoms with van der Waals surface area (Å²) in [7, 11) is 0. The average molecular weight is 245 g/mol. The number of rotatable bonds is 7.